The van der Waals surface area contributed by atoms with Crippen LogP contribution in [0.2, 0.25) is 0 Å². The first-order chi connectivity index (χ1) is 8.48. The zero-order valence-corrected chi connectivity index (χ0v) is 12.4. The van der Waals surface area contributed by atoms with Crippen LogP contribution in [0.25, 0.3) is 0 Å². The molecular formula is C13H14BrNO2S. The summed E-state index contributed by atoms with van der Waals surface area (Å²) in [5, 5.41) is 0. The summed E-state index contributed by atoms with van der Waals surface area (Å²) in [7, 11) is -3.22. The topological polar surface area (TPSA) is 37.4 Å². The van der Waals surface area contributed by atoms with Crippen LogP contribution >= 0.6 is 15.9 Å². The van der Waals surface area contributed by atoms with Crippen molar-refractivity contribution < 1.29 is 8.42 Å². The van der Waals surface area contributed by atoms with Crippen LogP contribution in [0.4, 0.5) is 5.69 Å². The molecule has 0 fully saturated rings. The predicted octanol–water partition coefficient (Wildman–Crippen LogP) is 3.03. The zero-order valence-electron chi connectivity index (χ0n) is 10.0. The maximum absolute atomic E-state index is 12.0. The number of hydrogen-bond donors (Lipinski definition) is 0. The number of sulfonamides is 1. The van der Waals surface area contributed by atoms with Gasteiger partial charge in [-0.25, -0.2) is 8.42 Å². The van der Waals surface area contributed by atoms with Crippen molar-refractivity contribution in [3.8, 4) is 0 Å². The van der Waals surface area contributed by atoms with E-state index in [1.807, 2.05) is 12.1 Å². The number of nitrogens with zero attached hydrogens (tertiary/aromatic N) is 1. The Morgan fingerprint density at radius 2 is 2.00 bits per heavy atom. The van der Waals surface area contributed by atoms with Gasteiger partial charge in [0.2, 0.25) is 10.0 Å². The maximum atomic E-state index is 12.0. The quantitative estimate of drug-likeness (QED) is 0.743. The summed E-state index contributed by atoms with van der Waals surface area (Å²) in [6.45, 7) is 0. The van der Waals surface area contributed by atoms with E-state index in [-0.39, 0.29) is 12.0 Å². The van der Waals surface area contributed by atoms with Crippen molar-refractivity contribution in [3.05, 3.63) is 40.4 Å². The minimum absolute atomic E-state index is 0.0503. The lowest BCUT2D eigenvalue weighted by atomic mass is 9.87. The highest BCUT2D eigenvalue weighted by molar-refractivity contribution is 9.10. The van der Waals surface area contributed by atoms with Crippen molar-refractivity contribution in [2.45, 2.75) is 24.8 Å². The zero-order chi connectivity index (χ0) is 12.9. The highest BCUT2D eigenvalue weighted by atomic mass is 79.9. The van der Waals surface area contributed by atoms with Crippen molar-refractivity contribution in [1.82, 2.24) is 0 Å². The van der Waals surface area contributed by atoms with Gasteiger partial charge in [0.25, 0.3) is 0 Å². The Balaban J connectivity index is 2.20. The molecule has 2 atom stereocenters. The van der Waals surface area contributed by atoms with Crippen LogP contribution in [-0.2, 0) is 10.0 Å². The molecule has 0 bridgehead atoms. The lowest BCUT2D eigenvalue weighted by molar-refractivity contribution is 0.535. The molecule has 5 heteroatoms. The van der Waals surface area contributed by atoms with Gasteiger partial charge in [-0.05, 0) is 36.6 Å². The van der Waals surface area contributed by atoms with Crippen LogP contribution in [0.5, 0.6) is 0 Å². The fourth-order valence-electron chi connectivity index (χ4n) is 3.02. The van der Waals surface area contributed by atoms with Crippen LogP contribution in [-0.4, -0.2) is 20.7 Å². The van der Waals surface area contributed by atoms with E-state index in [2.05, 4.69) is 34.1 Å². The van der Waals surface area contributed by atoms with E-state index in [0.29, 0.717) is 0 Å². The van der Waals surface area contributed by atoms with Gasteiger partial charge in [0, 0.05) is 10.4 Å². The van der Waals surface area contributed by atoms with E-state index < -0.39 is 10.0 Å². The second-order valence-corrected chi connectivity index (χ2v) is 7.65. The van der Waals surface area contributed by atoms with Crippen molar-refractivity contribution in [2.24, 2.45) is 0 Å². The summed E-state index contributed by atoms with van der Waals surface area (Å²) in [4.78, 5) is 0. The Labute approximate surface area is 116 Å². The summed E-state index contributed by atoms with van der Waals surface area (Å²) in [5.41, 5.74) is 1.99. The van der Waals surface area contributed by atoms with Crippen molar-refractivity contribution >= 4 is 31.6 Å². The first-order valence-electron chi connectivity index (χ1n) is 5.92. The number of rotatable bonds is 1. The van der Waals surface area contributed by atoms with E-state index in [0.717, 1.165) is 28.6 Å². The lowest BCUT2D eigenvalue weighted by Gasteiger charge is -2.29. The normalized spacial score (nSPS) is 26.0. The van der Waals surface area contributed by atoms with Gasteiger partial charge in [0.1, 0.15) is 0 Å². The molecule has 3 nitrogen and oxygen atoms in total. The fourth-order valence-corrected chi connectivity index (χ4v) is 4.65. The van der Waals surface area contributed by atoms with E-state index in [9.17, 15) is 8.42 Å². The number of fused-ring (bicyclic) bond motifs is 3. The molecule has 2 unspecified atom stereocenters. The van der Waals surface area contributed by atoms with Crippen LogP contribution < -0.4 is 4.31 Å². The minimum atomic E-state index is -3.22. The molecule has 0 spiro atoms. The monoisotopic (exact) mass is 327 g/mol. The molecule has 0 saturated heterocycles. The van der Waals surface area contributed by atoms with Crippen molar-refractivity contribution in [3.63, 3.8) is 0 Å². The molecule has 1 aromatic carbocycles. The third-order valence-corrected chi connectivity index (χ3v) is 5.36. The molecule has 0 saturated carbocycles. The molecule has 0 radical (unpaired) electrons. The summed E-state index contributed by atoms with van der Waals surface area (Å²) < 4.78 is 26.7. The Morgan fingerprint density at radius 1 is 1.28 bits per heavy atom. The van der Waals surface area contributed by atoms with Gasteiger partial charge in [-0.2, -0.15) is 0 Å². The minimum Gasteiger partial charge on any atom is -0.266 e. The van der Waals surface area contributed by atoms with Gasteiger partial charge in [0.05, 0.1) is 18.0 Å². The van der Waals surface area contributed by atoms with E-state index >= 15 is 0 Å². The molecule has 1 aliphatic heterocycles. The van der Waals surface area contributed by atoms with Crippen LogP contribution in [0.3, 0.4) is 0 Å². The van der Waals surface area contributed by atoms with Gasteiger partial charge in [0.15, 0.2) is 0 Å². The second kappa shape index (κ2) is 4.10. The standard InChI is InChI=1S/C13H14BrNO2S/c1-18(16,17)15-12-5-3-2-4-10(12)11-8-9(14)6-7-13(11)15/h2-3,6-8,10,12H,4-5H2,1H3. The van der Waals surface area contributed by atoms with Gasteiger partial charge < -0.3 is 0 Å². The van der Waals surface area contributed by atoms with Gasteiger partial charge in [-0.3, -0.25) is 4.31 Å². The molecule has 3 rings (SSSR count). The number of allylic oxidation sites excluding steroid dienone is 1. The van der Waals surface area contributed by atoms with Crippen LogP contribution in [0.15, 0.2) is 34.8 Å². The lowest BCUT2D eigenvalue weighted by Crippen LogP contribution is -2.38. The Hall–Kier alpha value is -0.810. The molecular weight excluding hydrogens is 314 g/mol. The Bertz CT molecular complexity index is 624. The number of halogens is 1. The summed E-state index contributed by atoms with van der Waals surface area (Å²) in [5.74, 6) is 0.289. The molecule has 0 aromatic heterocycles. The maximum Gasteiger partial charge on any atom is 0.232 e. The highest BCUT2D eigenvalue weighted by Gasteiger charge is 2.42. The molecule has 1 heterocycles. The summed E-state index contributed by atoms with van der Waals surface area (Å²) in [6.07, 6.45) is 7.24. The van der Waals surface area contributed by atoms with Gasteiger partial charge in [-0.1, -0.05) is 28.1 Å². The number of benzene rings is 1. The summed E-state index contributed by atoms with van der Waals surface area (Å²) in [6, 6.07) is 5.91. The second-order valence-electron chi connectivity index (χ2n) is 4.88. The van der Waals surface area contributed by atoms with Crippen LogP contribution in [0, 0.1) is 0 Å². The largest absolute Gasteiger partial charge is 0.266 e. The molecule has 1 aromatic rings. The molecule has 2 aliphatic rings. The van der Waals surface area contributed by atoms with E-state index in [1.165, 1.54) is 6.26 Å². The van der Waals surface area contributed by atoms with Crippen molar-refractivity contribution in [2.75, 3.05) is 10.6 Å². The predicted molar refractivity (Wildman–Crippen MR) is 76.4 cm³/mol. The summed E-state index contributed by atoms with van der Waals surface area (Å²) >= 11 is 3.47. The smallest absolute Gasteiger partial charge is 0.232 e. The first-order valence-corrected chi connectivity index (χ1v) is 8.56. The van der Waals surface area contributed by atoms with E-state index in [1.54, 1.807) is 4.31 Å². The van der Waals surface area contributed by atoms with E-state index in [4.69, 9.17) is 0 Å². The molecule has 18 heavy (non-hydrogen) atoms. The third-order valence-electron chi connectivity index (χ3n) is 3.68. The van der Waals surface area contributed by atoms with Gasteiger partial charge >= 0.3 is 0 Å². The Kier molecular flexibility index (Phi) is 2.79. The highest BCUT2D eigenvalue weighted by Crippen LogP contribution is 2.47. The first kappa shape index (κ1) is 12.2. The van der Waals surface area contributed by atoms with Gasteiger partial charge in [-0.15, -0.1) is 0 Å². The van der Waals surface area contributed by atoms with Crippen LogP contribution in [0.1, 0.15) is 24.3 Å². The molecule has 0 amide bonds. The Morgan fingerprint density at radius 3 is 2.72 bits per heavy atom. The molecule has 96 valence electrons. The van der Waals surface area contributed by atoms with Crippen molar-refractivity contribution in [1.29, 1.82) is 0 Å². The average Bonchev–Trinajstić information content (AvgIpc) is 2.62. The third kappa shape index (κ3) is 1.80. The molecule has 1 aliphatic carbocycles. The number of anilines is 1. The average molecular weight is 328 g/mol. The SMILES string of the molecule is CS(=O)(=O)N1c2ccc(Br)cc2C2CC=CCC21. The fraction of sp³-hybridized carbons (Fsp3) is 0.385. The molecule has 0 N–H and O–H groups in total. The number of hydrogen-bond acceptors (Lipinski definition) is 2.